The number of aliphatic carboxylic acids is 1. The number of carboxylic acids is 1. The first-order chi connectivity index (χ1) is 10.1. The predicted molar refractivity (Wildman–Crippen MR) is 84.9 cm³/mol. The lowest BCUT2D eigenvalue weighted by Gasteiger charge is -2.29. The summed E-state index contributed by atoms with van der Waals surface area (Å²) < 4.78 is 5.90. The first-order valence-corrected chi connectivity index (χ1v) is 8.33. The van der Waals surface area contributed by atoms with E-state index in [1.54, 1.807) is 0 Å². The first kappa shape index (κ1) is 20.9. The smallest absolute Gasteiger partial charge is 0.306 e. The molecular weight excluding hydrogens is 282 g/mol. The van der Waals surface area contributed by atoms with Crippen molar-refractivity contribution in [2.75, 3.05) is 27.7 Å². The van der Waals surface area contributed by atoms with Crippen LogP contribution in [-0.4, -0.2) is 50.2 Å². The highest BCUT2D eigenvalue weighted by Crippen LogP contribution is 2.15. The number of quaternary nitrogens is 1. The average Bonchev–Trinajstić information content (AvgIpc) is 2.31. The second-order valence-electron chi connectivity index (χ2n) is 7.32. The Morgan fingerprint density at radius 1 is 1.09 bits per heavy atom. The van der Waals surface area contributed by atoms with E-state index in [1.807, 2.05) is 28.1 Å². The molecule has 0 N–H and O–H groups in total. The van der Waals surface area contributed by atoms with Crippen molar-refractivity contribution in [1.82, 2.24) is 0 Å². The number of likely N-dealkylation sites (N-methyl/N-ethyl adjacent to an activating group) is 1. The van der Waals surface area contributed by atoms with Crippen LogP contribution in [0, 0.1) is 5.92 Å². The normalized spacial score (nSPS) is 14.4. The Kier molecular flexibility index (Phi) is 10.1. The van der Waals surface area contributed by atoms with Crippen molar-refractivity contribution in [3.8, 4) is 0 Å². The summed E-state index contributed by atoms with van der Waals surface area (Å²) in [5, 5.41) is 10.8. The summed E-state index contributed by atoms with van der Waals surface area (Å²) in [6.07, 6.45) is 5.26. The fourth-order valence-corrected chi connectivity index (χ4v) is 2.48. The summed E-state index contributed by atoms with van der Waals surface area (Å²) in [4.78, 5) is 22.8. The van der Waals surface area contributed by atoms with Crippen LogP contribution in [0.4, 0.5) is 0 Å². The van der Waals surface area contributed by atoms with E-state index in [2.05, 4.69) is 6.92 Å². The van der Waals surface area contributed by atoms with Gasteiger partial charge in [-0.05, 0) is 5.92 Å². The van der Waals surface area contributed by atoms with Crippen LogP contribution in [0.25, 0.3) is 0 Å². The molecule has 0 aromatic rings. The van der Waals surface area contributed by atoms with Gasteiger partial charge in [0.1, 0.15) is 6.54 Å². The number of carboxylic acid groups (broad SMARTS) is 1. The Morgan fingerprint density at radius 2 is 1.73 bits per heavy atom. The number of carbonyl (C=O) groups is 2. The van der Waals surface area contributed by atoms with Gasteiger partial charge in [0, 0.05) is 18.8 Å². The van der Waals surface area contributed by atoms with E-state index < -0.39 is 12.1 Å². The molecule has 0 amide bonds. The van der Waals surface area contributed by atoms with Gasteiger partial charge in [0.05, 0.1) is 21.1 Å². The molecule has 2 atom stereocenters. The van der Waals surface area contributed by atoms with E-state index in [0.717, 1.165) is 12.8 Å². The monoisotopic (exact) mass is 315 g/mol. The molecule has 5 heteroatoms. The minimum atomic E-state index is -1.18. The maximum absolute atomic E-state index is 12.0. The zero-order valence-corrected chi connectivity index (χ0v) is 14.9. The van der Waals surface area contributed by atoms with Crippen LogP contribution in [-0.2, 0) is 14.3 Å². The van der Waals surface area contributed by atoms with Gasteiger partial charge >= 0.3 is 5.97 Å². The third-order valence-electron chi connectivity index (χ3n) is 3.51. The van der Waals surface area contributed by atoms with E-state index in [1.165, 1.54) is 19.3 Å². The number of nitrogens with zero attached hydrogens (tertiary/aromatic N) is 1. The highest BCUT2D eigenvalue weighted by atomic mass is 16.5. The topological polar surface area (TPSA) is 66.4 Å². The van der Waals surface area contributed by atoms with Gasteiger partial charge in [-0.1, -0.05) is 46.0 Å². The van der Waals surface area contributed by atoms with Gasteiger partial charge in [-0.25, -0.2) is 0 Å². The standard InChI is InChI=1S/C17H33NO4/c1-6-7-8-9-10-14(2)11-17(21)22-15(12-16(19)20)13-18(3,4)5/h14-15H,6-13H2,1-5H3. The van der Waals surface area contributed by atoms with Gasteiger partial charge < -0.3 is 19.1 Å². The molecule has 5 nitrogen and oxygen atoms in total. The number of rotatable bonds is 12. The second-order valence-corrected chi connectivity index (χ2v) is 7.32. The van der Waals surface area contributed by atoms with Gasteiger partial charge in [-0.3, -0.25) is 4.79 Å². The van der Waals surface area contributed by atoms with Crippen molar-refractivity contribution < 1.29 is 23.9 Å². The van der Waals surface area contributed by atoms with E-state index >= 15 is 0 Å². The number of esters is 1. The van der Waals surface area contributed by atoms with Crippen LogP contribution < -0.4 is 5.11 Å². The second kappa shape index (κ2) is 10.6. The lowest BCUT2D eigenvalue weighted by Crippen LogP contribution is -2.45. The van der Waals surface area contributed by atoms with Crippen LogP contribution in [0.1, 0.15) is 58.8 Å². The molecule has 0 rings (SSSR count). The summed E-state index contributed by atoms with van der Waals surface area (Å²) in [5.74, 6) is -1.21. The zero-order chi connectivity index (χ0) is 17.2. The van der Waals surface area contributed by atoms with Crippen molar-refractivity contribution in [1.29, 1.82) is 0 Å². The van der Waals surface area contributed by atoms with Gasteiger partial charge in [0.2, 0.25) is 0 Å². The van der Waals surface area contributed by atoms with Crippen molar-refractivity contribution >= 4 is 11.9 Å². The van der Waals surface area contributed by atoms with Crippen molar-refractivity contribution in [2.45, 2.75) is 64.9 Å². The third-order valence-corrected chi connectivity index (χ3v) is 3.51. The fraction of sp³-hybridized carbons (Fsp3) is 0.882. The summed E-state index contributed by atoms with van der Waals surface area (Å²) in [6, 6.07) is 0. The molecular formula is C17H33NO4. The number of carbonyl (C=O) groups excluding carboxylic acids is 2. The lowest BCUT2D eigenvalue weighted by atomic mass is 9.99. The summed E-state index contributed by atoms with van der Waals surface area (Å²) in [7, 11) is 5.81. The first-order valence-electron chi connectivity index (χ1n) is 8.33. The van der Waals surface area contributed by atoms with Gasteiger partial charge in [-0.2, -0.15) is 0 Å². The molecule has 0 heterocycles. The van der Waals surface area contributed by atoms with E-state index in [-0.39, 0.29) is 18.3 Å². The molecule has 0 saturated carbocycles. The van der Waals surface area contributed by atoms with Crippen LogP contribution >= 0.6 is 0 Å². The zero-order valence-electron chi connectivity index (χ0n) is 14.9. The van der Waals surface area contributed by atoms with Crippen LogP contribution in [0.5, 0.6) is 0 Å². The minimum Gasteiger partial charge on any atom is -0.550 e. The minimum absolute atomic E-state index is 0.244. The summed E-state index contributed by atoms with van der Waals surface area (Å²) in [5.41, 5.74) is 0. The Labute approximate surface area is 135 Å². The Morgan fingerprint density at radius 3 is 2.23 bits per heavy atom. The van der Waals surface area contributed by atoms with Gasteiger partial charge in [0.15, 0.2) is 6.10 Å². The molecule has 130 valence electrons. The Balaban J connectivity index is 4.23. The van der Waals surface area contributed by atoms with Crippen LogP contribution in [0.2, 0.25) is 0 Å². The van der Waals surface area contributed by atoms with Gasteiger partial charge in [0.25, 0.3) is 0 Å². The molecule has 0 aromatic carbocycles. The molecule has 0 radical (unpaired) electrons. The van der Waals surface area contributed by atoms with Gasteiger partial charge in [-0.15, -0.1) is 0 Å². The number of ether oxygens (including phenoxy) is 1. The number of unbranched alkanes of at least 4 members (excludes halogenated alkanes) is 3. The quantitative estimate of drug-likeness (QED) is 0.312. The van der Waals surface area contributed by atoms with Crippen molar-refractivity contribution in [2.24, 2.45) is 5.92 Å². The molecule has 0 bridgehead atoms. The fourth-order valence-electron chi connectivity index (χ4n) is 2.48. The van der Waals surface area contributed by atoms with E-state index in [9.17, 15) is 14.7 Å². The molecule has 0 aliphatic rings. The molecule has 2 unspecified atom stereocenters. The van der Waals surface area contributed by atoms with E-state index in [0.29, 0.717) is 17.4 Å². The highest BCUT2D eigenvalue weighted by Gasteiger charge is 2.23. The van der Waals surface area contributed by atoms with E-state index in [4.69, 9.17) is 4.74 Å². The lowest BCUT2D eigenvalue weighted by molar-refractivity contribution is -0.873. The molecule has 0 aliphatic carbocycles. The highest BCUT2D eigenvalue weighted by molar-refractivity contribution is 5.71. The molecule has 0 fully saturated rings. The molecule has 0 spiro atoms. The number of hydrogen-bond donors (Lipinski definition) is 0. The predicted octanol–water partition coefficient (Wildman–Crippen LogP) is 1.74. The van der Waals surface area contributed by atoms with Crippen LogP contribution in [0.3, 0.4) is 0 Å². The maximum Gasteiger partial charge on any atom is 0.306 e. The average molecular weight is 315 g/mol. The third kappa shape index (κ3) is 12.6. The summed E-state index contributed by atoms with van der Waals surface area (Å²) >= 11 is 0. The molecule has 0 saturated heterocycles. The van der Waals surface area contributed by atoms with Crippen molar-refractivity contribution in [3.05, 3.63) is 0 Å². The summed E-state index contributed by atoms with van der Waals surface area (Å²) in [6.45, 7) is 4.68. The Bertz CT molecular complexity index is 336. The molecule has 0 aliphatic heterocycles. The van der Waals surface area contributed by atoms with Crippen LogP contribution in [0.15, 0.2) is 0 Å². The number of hydrogen-bond acceptors (Lipinski definition) is 4. The SMILES string of the molecule is CCCCCCC(C)CC(=O)OC(CC(=O)[O-])C[N+](C)(C)C. The molecule has 0 aromatic heterocycles. The largest absolute Gasteiger partial charge is 0.550 e. The molecule has 22 heavy (non-hydrogen) atoms. The van der Waals surface area contributed by atoms with Crippen molar-refractivity contribution in [3.63, 3.8) is 0 Å². The Hall–Kier alpha value is -1.10. The maximum atomic E-state index is 12.0.